The summed E-state index contributed by atoms with van der Waals surface area (Å²) in [6.07, 6.45) is 8.11. The number of amides is 1. The molecule has 1 amide bonds. The lowest BCUT2D eigenvalue weighted by atomic mass is 10.2. The molecule has 0 atom stereocenters. The van der Waals surface area contributed by atoms with E-state index in [2.05, 4.69) is 20.6 Å². The Bertz CT molecular complexity index is 658. The van der Waals surface area contributed by atoms with Crippen molar-refractivity contribution in [3.05, 3.63) is 35.4 Å². The minimum atomic E-state index is -0.170. The van der Waals surface area contributed by atoms with Crippen molar-refractivity contribution in [2.24, 2.45) is 0 Å². The van der Waals surface area contributed by atoms with E-state index in [9.17, 15) is 4.79 Å². The summed E-state index contributed by atoms with van der Waals surface area (Å²) < 4.78 is 2.04. The van der Waals surface area contributed by atoms with Crippen LogP contribution in [0.25, 0.3) is 0 Å². The second-order valence-corrected chi connectivity index (χ2v) is 5.51. The number of carbonyl (C=O) groups is 1. The Morgan fingerprint density at radius 3 is 2.81 bits per heavy atom. The maximum atomic E-state index is 12.3. The zero-order chi connectivity index (χ0) is 14.8. The van der Waals surface area contributed by atoms with Crippen LogP contribution >= 0.6 is 0 Å². The Morgan fingerprint density at radius 2 is 2.10 bits per heavy atom. The predicted octanol–water partition coefficient (Wildman–Crippen LogP) is 2.66. The molecule has 0 unspecified atom stereocenters. The number of aromatic nitrogens is 4. The van der Waals surface area contributed by atoms with Crippen molar-refractivity contribution in [1.29, 1.82) is 0 Å². The van der Waals surface area contributed by atoms with Gasteiger partial charge in [0.2, 0.25) is 0 Å². The molecule has 0 saturated heterocycles. The number of aryl methyl sites for hydroxylation is 1. The summed E-state index contributed by atoms with van der Waals surface area (Å²) in [5, 5.41) is 15.0. The summed E-state index contributed by atoms with van der Waals surface area (Å²) in [4.78, 5) is 12.3. The van der Waals surface area contributed by atoms with Gasteiger partial charge in [-0.1, -0.05) is 12.8 Å². The van der Waals surface area contributed by atoms with Gasteiger partial charge in [0.1, 0.15) is 0 Å². The predicted molar refractivity (Wildman–Crippen MR) is 79.2 cm³/mol. The standard InChI is InChI=1S/C15H19N5O/c1-10-13(7-8-16-19-10)15(21)18-14-9-17-20(11(14)2)12-5-3-4-6-12/h7-9,12H,3-6H2,1-2H3,(H,18,21). The molecule has 2 heterocycles. The van der Waals surface area contributed by atoms with Crippen molar-refractivity contribution >= 4 is 11.6 Å². The fourth-order valence-electron chi connectivity index (χ4n) is 2.89. The Labute approximate surface area is 123 Å². The third kappa shape index (κ3) is 2.66. The zero-order valence-electron chi connectivity index (χ0n) is 12.3. The second-order valence-electron chi connectivity index (χ2n) is 5.51. The molecule has 0 radical (unpaired) electrons. The summed E-state index contributed by atoms with van der Waals surface area (Å²) in [5.74, 6) is -0.170. The smallest absolute Gasteiger partial charge is 0.257 e. The highest BCUT2D eigenvalue weighted by Crippen LogP contribution is 2.31. The minimum Gasteiger partial charge on any atom is -0.319 e. The zero-order valence-corrected chi connectivity index (χ0v) is 12.3. The fourth-order valence-corrected chi connectivity index (χ4v) is 2.89. The van der Waals surface area contributed by atoms with Crippen LogP contribution in [0.2, 0.25) is 0 Å². The highest BCUT2D eigenvalue weighted by molar-refractivity contribution is 6.05. The van der Waals surface area contributed by atoms with Crippen LogP contribution in [0.1, 0.15) is 53.5 Å². The molecular weight excluding hydrogens is 266 g/mol. The van der Waals surface area contributed by atoms with Crippen LogP contribution in [-0.4, -0.2) is 25.9 Å². The third-order valence-corrected chi connectivity index (χ3v) is 4.11. The van der Waals surface area contributed by atoms with Gasteiger partial charge in [-0.15, -0.1) is 0 Å². The quantitative estimate of drug-likeness (QED) is 0.941. The molecule has 0 bridgehead atoms. The number of nitrogens with one attached hydrogen (secondary N) is 1. The Kier molecular flexibility index (Phi) is 3.68. The maximum absolute atomic E-state index is 12.3. The summed E-state index contributed by atoms with van der Waals surface area (Å²) >= 11 is 0. The summed E-state index contributed by atoms with van der Waals surface area (Å²) in [6, 6.07) is 2.15. The van der Waals surface area contributed by atoms with Gasteiger partial charge in [-0.3, -0.25) is 9.48 Å². The third-order valence-electron chi connectivity index (χ3n) is 4.11. The molecular formula is C15H19N5O. The highest BCUT2D eigenvalue weighted by atomic mass is 16.1. The number of nitrogens with zero attached hydrogens (tertiary/aromatic N) is 4. The molecule has 1 saturated carbocycles. The monoisotopic (exact) mass is 285 g/mol. The van der Waals surface area contributed by atoms with Crippen LogP contribution < -0.4 is 5.32 Å². The summed E-state index contributed by atoms with van der Waals surface area (Å²) in [6.45, 7) is 3.77. The average Bonchev–Trinajstić information content (AvgIpc) is 3.10. The molecule has 3 rings (SSSR count). The van der Waals surface area contributed by atoms with E-state index >= 15 is 0 Å². The first kappa shape index (κ1) is 13.7. The average molecular weight is 285 g/mol. The van der Waals surface area contributed by atoms with E-state index in [1.807, 2.05) is 11.6 Å². The van der Waals surface area contributed by atoms with E-state index in [-0.39, 0.29) is 5.91 Å². The molecule has 1 aliphatic carbocycles. The van der Waals surface area contributed by atoms with Gasteiger partial charge in [-0.2, -0.15) is 15.3 Å². The van der Waals surface area contributed by atoms with Crippen LogP contribution in [0.15, 0.2) is 18.5 Å². The lowest BCUT2D eigenvalue weighted by Gasteiger charge is -2.13. The molecule has 6 heteroatoms. The van der Waals surface area contributed by atoms with E-state index in [0.29, 0.717) is 17.3 Å². The van der Waals surface area contributed by atoms with E-state index in [0.717, 1.165) is 11.4 Å². The van der Waals surface area contributed by atoms with E-state index in [4.69, 9.17) is 0 Å². The normalized spacial score (nSPS) is 15.3. The number of rotatable bonds is 3. The first-order valence-corrected chi connectivity index (χ1v) is 7.30. The molecule has 21 heavy (non-hydrogen) atoms. The second kappa shape index (κ2) is 5.63. The number of anilines is 1. The SMILES string of the molecule is Cc1nnccc1C(=O)Nc1cnn(C2CCCC2)c1C. The summed E-state index contributed by atoms with van der Waals surface area (Å²) in [7, 11) is 0. The van der Waals surface area contributed by atoms with Crippen LogP contribution in [0, 0.1) is 13.8 Å². The van der Waals surface area contributed by atoms with E-state index in [1.165, 1.54) is 31.9 Å². The Hall–Kier alpha value is -2.24. The fraction of sp³-hybridized carbons (Fsp3) is 0.467. The minimum absolute atomic E-state index is 0.170. The molecule has 1 aliphatic rings. The molecule has 2 aromatic rings. The first-order valence-electron chi connectivity index (χ1n) is 7.30. The number of carbonyl (C=O) groups excluding carboxylic acids is 1. The molecule has 2 aromatic heterocycles. The van der Waals surface area contributed by atoms with Crippen molar-refractivity contribution in [1.82, 2.24) is 20.0 Å². The number of hydrogen-bond acceptors (Lipinski definition) is 4. The molecule has 1 N–H and O–H groups in total. The summed E-state index contributed by atoms with van der Waals surface area (Å²) in [5.41, 5.74) is 2.94. The first-order chi connectivity index (χ1) is 10.2. The van der Waals surface area contributed by atoms with Crippen molar-refractivity contribution in [2.45, 2.75) is 45.6 Å². The van der Waals surface area contributed by atoms with Gasteiger partial charge >= 0.3 is 0 Å². The molecule has 6 nitrogen and oxygen atoms in total. The maximum Gasteiger partial charge on any atom is 0.257 e. The van der Waals surface area contributed by atoms with Gasteiger partial charge in [0, 0.05) is 0 Å². The topological polar surface area (TPSA) is 72.7 Å². The molecule has 0 aliphatic heterocycles. The van der Waals surface area contributed by atoms with Crippen LogP contribution in [0.4, 0.5) is 5.69 Å². The Balaban J connectivity index is 1.79. The van der Waals surface area contributed by atoms with Crippen LogP contribution in [-0.2, 0) is 0 Å². The number of hydrogen-bond donors (Lipinski definition) is 1. The molecule has 1 fully saturated rings. The van der Waals surface area contributed by atoms with Crippen molar-refractivity contribution in [2.75, 3.05) is 5.32 Å². The molecule has 0 aromatic carbocycles. The van der Waals surface area contributed by atoms with Gasteiger partial charge in [0.05, 0.1) is 41.1 Å². The van der Waals surface area contributed by atoms with Gasteiger partial charge in [0.25, 0.3) is 5.91 Å². The van der Waals surface area contributed by atoms with Gasteiger partial charge in [-0.25, -0.2) is 0 Å². The van der Waals surface area contributed by atoms with Crippen molar-refractivity contribution < 1.29 is 4.79 Å². The lowest BCUT2D eigenvalue weighted by molar-refractivity contribution is 0.102. The van der Waals surface area contributed by atoms with E-state index in [1.54, 1.807) is 19.2 Å². The lowest BCUT2D eigenvalue weighted by Crippen LogP contribution is -2.15. The largest absolute Gasteiger partial charge is 0.319 e. The van der Waals surface area contributed by atoms with Gasteiger partial charge in [0.15, 0.2) is 0 Å². The van der Waals surface area contributed by atoms with Crippen LogP contribution in [0.3, 0.4) is 0 Å². The molecule has 110 valence electrons. The Morgan fingerprint density at radius 1 is 1.33 bits per heavy atom. The van der Waals surface area contributed by atoms with Crippen molar-refractivity contribution in [3.8, 4) is 0 Å². The van der Waals surface area contributed by atoms with E-state index < -0.39 is 0 Å². The highest BCUT2D eigenvalue weighted by Gasteiger charge is 2.21. The van der Waals surface area contributed by atoms with Crippen molar-refractivity contribution in [3.63, 3.8) is 0 Å². The van der Waals surface area contributed by atoms with Gasteiger partial charge in [-0.05, 0) is 32.8 Å². The van der Waals surface area contributed by atoms with Crippen LogP contribution in [0.5, 0.6) is 0 Å². The molecule has 0 spiro atoms. The van der Waals surface area contributed by atoms with Gasteiger partial charge < -0.3 is 5.32 Å².